The van der Waals surface area contributed by atoms with Gasteiger partial charge in [-0.2, -0.15) is 4.98 Å². The monoisotopic (exact) mass is 514 g/mol. The maximum Gasteiger partial charge on any atom is 0.225 e. The minimum absolute atomic E-state index is 0.204. The molecule has 1 aliphatic rings. The summed E-state index contributed by atoms with van der Waals surface area (Å²) in [4.78, 5) is 18.0. The predicted octanol–water partition coefficient (Wildman–Crippen LogP) is 5.29. The molecular formula is C24H27ClN6O3S. The Balaban J connectivity index is 1.42. The van der Waals surface area contributed by atoms with Crippen molar-refractivity contribution in [1.29, 1.82) is 0 Å². The van der Waals surface area contributed by atoms with Gasteiger partial charge in [-0.05, 0) is 43.6 Å². The van der Waals surface area contributed by atoms with E-state index in [0.717, 1.165) is 35.5 Å². The Morgan fingerprint density at radius 1 is 1.00 bits per heavy atom. The number of fused-ring (bicyclic) bond motifs is 1. The molecule has 0 bridgehead atoms. The molecule has 1 saturated heterocycles. The Hall–Kier alpha value is -3.08. The van der Waals surface area contributed by atoms with Crippen LogP contribution in [0.5, 0.6) is 17.2 Å². The van der Waals surface area contributed by atoms with Crippen molar-refractivity contribution in [3.05, 3.63) is 40.9 Å². The number of hydrogen-bond donors (Lipinski definition) is 1. The van der Waals surface area contributed by atoms with Gasteiger partial charge in [0, 0.05) is 23.6 Å². The van der Waals surface area contributed by atoms with Gasteiger partial charge in [-0.3, -0.25) is 4.90 Å². The van der Waals surface area contributed by atoms with Crippen LogP contribution in [0.15, 0.2) is 30.7 Å². The second-order valence-corrected chi connectivity index (χ2v) is 9.74. The number of nitrogens with one attached hydrogen (secondary N) is 1. The number of anilines is 2. The van der Waals surface area contributed by atoms with Crippen LogP contribution < -0.4 is 19.5 Å². The summed E-state index contributed by atoms with van der Waals surface area (Å²) in [6.07, 6.45) is 7.42. The highest BCUT2D eigenvalue weighted by molar-refractivity contribution is 7.18. The lowest BCUT2D eigenvalue weighted by Gasteiger charge is -2.25. The molecule has 0 unspecified atom stereocenters. The van der Waals surface area contributed by atoms with Crippen LogP contribution in [0.4, 0.5) is 11.6 Å². The van der Waals surface area contributed by atoms with Gasteiger partial charge in [-0.15, -0.1) is 11.3 Å². The molecule has 1 N–H and O–H groups in total. The lowest BCUT2D eigenvalue weighted by Crippen LogP contribution is -2.28. The minimum atomic E-state index is 0.204. The number of rotatable bonds is 8. The third kappa shape index (κ3) is 5.00. The second kappa shape index (κ2) is 10.3. The van der Waals surface area contributed by atoms with E-state index in [-0.39, 0.29) is 5.28 Å². The summed E-state index contributed by atoms with van der Waals surface area (Å²) in [6, 6.07) is 5.88. The van der Waals surface area contributed by atoms with Crippen LogP contribution in [0.1, 0.15) is 24.1 Å². The first-order chi connectivity index (χ1) is 17.1. The molecule has 0 saturated carbocycles. The SMILES string of the molecule is COc1cc(-n2cnc(Nc3nc(Cl)nc4sc(CN5CCCCC5)cc34)c2)cc(OC)c1OC. The number of hydrogen-bond acceptors (Lipinski definition) is 9. The van der Waals surface area contributed by atoms with E-state index in [0.29, 0.717) is 28.9 Å². The Morgan fingerprint density at radius 3 is 2.43 bits per heavy atom. The topological polar surface area (TPSA) is 86.6 Å². The molecule has 3 aromatic heterocycles. The smallest absolute Gasteiger partial charge is 0.225 e. The number of aromatic nitrogens is 4. The van der Waals surface area contributed by atoms with Gasteiger partial charge in [-0.25, -0.2) is 9.97 Å². The van der Waals surface area contributed by atoms with E-state index in [1.54, 1.807) is 39.0 Å². The Kier molecular flexibility index (Phi) is 6.94. The molecule has 0 aliphatic carbocycles. The summed E-state index contributed by atoms with van der Waals surface area (Å²) in [5.74, 6) is 2.92. The van der Waals surface area contributed by atoms with E-state index in [2.05, 4.69) is 31.2 Å². The van der Waals surface area contributed by atoms with Crippen molar-refractivity contribution in [3.63, 3.8) is 0 Å². The number of thiophene rings is 1. The first-order valence-electron chi connectivity index (χ1n) is 11.4. The maximum atomic E-state index is 6.26. The number of likely N-dealkylation sites (tertiary alicyclic amines) is 1. The number of imidazole rings is 1. The van der Waals surface area contributed by atoms with Crippen LogP contribution in [-0.4, -0.2) is 58.8 Å². The van der Waals surface area contributed by atoms with Crippen molar-refractivity contribution in [3.8, 4) is 22.9 Å². The van der Waals surface area contributed by atoms with Gasteiger partial charge in [0.25, 0.3) is 0 Å². The standard InChI is InChI=1S/C24H27ClN6O3S/c1-32-18-9-15(10-19(33-2)21(18)34-3)31-13-20(26-14-31)27-22-17-11-16(12-30-7-5-4-6-8-30)35-23(17)29-24(25)28-22/h9-11,13-14H,4-8,12H2,1-3H3,(H,27,28,29). The van der Waals surface area contributed by atoms with Crippen LogP contribution in [-0.2, 0) is 6.54 Å². The summed E-state index contributed by atoms with van der Waals surface area (Å²) in [7, 11) is 4.76. The van der Waals surface area contributed by atoms with Gasteiger partial charge >= 0.3 is 0 Å². The number of piperidine rings is 1. The highest BCUT2D eigenvalue weighted by atomic mass is 35.5. The predicted molar refractivity (Wildman–Crippen MR) is 138 cm³/mol. The third-order valence-electron chi connectivity index (χ3n) is 6.02. The largest absolute Gasteiger partial charge is 0.493 e. The van der Waals surface area contributed by atoms with E-state index >= 15 is 0 Å². The second-order valence-electron chi connectivity index (χ2n) is 8.28. The van der Waals surface area contributed by atoms with E-state index < -0.39 is 0 Å². The zero-order chi connectivity index (χ0) is 24.4. The molecule has 9 nitrogen and oxygen atoms in total. The first-order valence-corrected chi connectivity index (χ1v) is 12.6. The van der Waals surface area contributed by atoms with E-state index in [4.69, 9.17) is 25.8 Å². The normalized spacial score (nSPS) is 14.3. The molecule has 4 aromatic rings. The van der Waals surface area contributed by atoms with E-state index in [1.807, 2.05) is 22.9 Å². The van der Waals surface area contributed by atoms with Crippen LogP contribution >= 0.6 is 22.9 Å². The average Bonchev–Trinajstić information content (AvgIpc) is 3.50. The number of methoxy groups -OCH3 is 3. The Labute approximate surface area is 212 Å². The van der Waals surface area contributed by atoms with Crippen molar-refractivity contribution in [2.45, 2.75) is 25.8 Å². The van der Waals surface area contributed by atoms with Gasteiger partial charge < -0.3 is 24.1 Å². The Morgan fingerprint density at radius 2 is 1.74 bits per heavy atom. The van der Waals surface area contributed by atoms with Crippen LogP contribution in [0.3, 0.4) is 0 Å². The van der Waals surface area contributed by atoms with Crippen molar-refractivity contribution in [2.75, 3.05) is 39.7 Å². The summed E-state index contributed by atoms with van der Waals surface area (Å²) >= 11 is 7.92. The lowest BCUT2D eigenvalue weighted by atomic mass is 10.1. The summed E-state index contributed by atoms with van der Waals surface area (Å²) < 4.78 is 18.2. The molecular weight excluding hydrogens is 488 g/mol. The molecule has 0 spiro atoms. The highest BCUT2D eigenvalue weighted by Gasteiger charge is 2.17. The molecule has 0 amide bonds. The fraction of sp³-hybridized carbons (Fsp3) is 0.375. The Bertz CT molecular complexity index is 1310. The summed E-state index contributed by atoms with van der Waals surface area (Å²) in [6.45, 7) is 3.21. The number of benzene rings is 1. The van der Waals surface area contributed by atoms with Crippen LogP contribution in [0.2, 0.25) is 5.28 Å². The molecule has 1 fully saturated rings. The van der Waals surface area contributed by atoms with E-state index in [9.17, 15) is 0 Å². The van der Waals surface area contributed by atoms with Gasteiger partial charge in [0.1, 0.15) is 22.8 Å². The molecule has 0 atom stereocenters. The van der Waals surface area contributed by atoms with E-state index in [1.165, 1.54) is 24.1 Å². The maximum absolute atomic E-state index is 6.26. The fourth-order valence-electron chi connectivity index (χ4n) is 4.32. The quantitative estimate of drug-likeness (QED) is 0.317. The van der Waals surface area contributed by atoms with Crippen molar-refractivity contribution in [1.82, 2.24) is 24.4 Å². The first kappa shape index (κ1) is 23.7. The highest BCUT2D eigenvalue weighted by Crippen LogP contribution is 2.39. The lowest BCUT2D eigenvalue weighted by molar-refractivity contribution is 0.223. The average molecular weight is 515 g/mol. The third-order valence-corrected chi connectivity index (χ3v) is 7.20. The zero-order valence-electron chi connectivity index (χ0n) is 19.9. The number of nitrogens with zero attached hydrogens (tertiary/aromatic N) is 5. The number of ether oxygens (including phenoxy) is 3. The summed E-state index contributed by atoms with van der Waals surface area (Å²) in [5, 5.41) is 4.46. The molecule has 184 valence electrons. The summed E-state index contributed by atoms with van der Waals surface area (Å²) in [5.41, 5.74) is 0.810. The zero-order valence-corrected chi connectivity index (χ0v) is 21.4. The molecule has 1 aliphatic heterocycles. The van der Waals surface area contributed by atoms with Crippen molar-refractivity contribution < 1.29 is 14.2 Å². The molecule has 35 heavy (non-hydrogen) atoms. The molecule has 1 aromatic carbocycles. The van der Waals surface area contributed by atoms with Crippen molar-refractivity contribution in [2.24, 2.45) is 0 Å². The van der Waals surface area contributed by atoms with Gasteiger partial charge in [-0.1, -0.05) is 6.42 Å². The van der Waals surface area contributed by atoms with Crippen LogP contribution in [0, 0.1) is 0 Å². The molecule has 11 heteroatoms. The van der Waals surface area contributed by atoms with Gasteiger partial charge in [0.15, 0.2) is 11.5 Å². The van der Waals surface area contributed by atoms with Crippen molar-refractivity contribution >= 4 is 44.8 Å². The fourth-order valence-corrected chi connectivity index (χ4v) is 5.61. The molecule has 5 rings (SSSR count). The van der Waals surface area contributed by atoms with Crippen LogP contribution in [0.25, 0.3) is 15.9 Å². The number of halogens is 1. The minimum Gasteiger partial charge on any atom is -0.493 e. The molecule has 4 heterocycles. The molecule has 0 radical (unpaired) electrons. The van der Waals surface area contributed by atoms with Gasteiger partial charge in [0.05, 0.1) is 38.6 Å². The van der Waals surface area contributed by atoms with Gasteiger partial charge in [0.2, 0.25) is 11.0 Å².